The number of halogens is 1. The molecule has 0 saturated carbocycles. The summed E-state index contributed by atoms with van der Waals surface area (Å²) in [6.45, 7) is 2.37. The van der Waals surface area contributed by atoms with Gasteiger partial charge in [0.1, 0.15) is 24.2 Å². The average Bonchev–Trinajstić information content (AvgIpc) is 3.16. The van der Waals surface area contributed by atoms with Crippen molar-refractivity contribution >= 4 is 17.6 Å². The fourth-order valence-corrected chi connectivity index (χ4v) is 3.82. The number of aliphatic carboxylic acids is 1. The SMILES string of the molecule is CC(CC(=O)O)c1ccc(OCc2ccc3c(c2)C[C@@H](c2ccc(Cl)cc2)O3)cc1. The maximum Gasteiger partial charge on any atom is 0.303 e. The van der Waals surface area contributed by atoms with Gasteiger partial charge in [-0.25, -0.2) is 0 Å². The van der Waals surface area contributed by atoms with Gasteiger partial charge in [0.2, 0.25) is 0 Å². The van der Waals surface area contributed by atoms with Crippen LogP contribution in [-0.2, 0) is 17.8 Å². The largest absolute Gasteiger partial charge is 0.489 e. The van der Waals surface area contributed by atoms with Gasteiger partial charge in [-0.1, -0.05) is 48.9 Å². The van der Waals surface area contributed by atoms with Crippen molar-refractivity contribution in [2.45, 2.75) is 38.4 Å². The summed E-state index contributed by atoms with van der Waals surface area (Å²) in [6.07, 6.45) is 0.948. The second kappa shape index (κ2) is 8.80. The number of rotatable bonds is 7. The smallest absolute Gasteiger partial charge is 0.303 e. The van der Waals surface area contributed by atoms with E-state index in [0.29, 0.717) is 6.61 Å². The maximum absolute atomic E-state index is 10.9. The first kappa shape index (κ1) is 20.3. The van der Waals surface area contributed by atoms with Gasteiger partial charge in [0, 0.05) is 11.4 Å². The number of carboxylic acids is 1. The molecule has 3 aromatic rings. The van der Waals surface area contributed by atoms with Crippen LogP contribution in [0.4, 0.5) is 0 Å². The minimum Gasteiger partial charge on any atom is -0.489 e. The zero-order valence-corrected chi connectivity index (χ0v) is 17.4. The van der Waals surface area contributed by atoms with E-state index in [4.69, 9.17) is 26.2 Å². The molecule has 2 atom stereocenters. The first-order valence-corrected chi connectivity index (χ1v) is 10.3. The molecule has 154 valence electrons. The molecular weight excluding hydrogens is 400 g/mol. The summed E-state index contributed by atoms with van der Waals surface area (Å²) < 4.78 is 12.0. The minimum absolute atomic E-state index is 0.00812. The predicted molar refractivity (Wildman–Crippen MR) is 116 cm³/mol. The van der Waals surface area contributed by atoms with Gasteiger partial charge in [0.25, 0.3) is 0 Å². The van der Waals surface area contributed by atoms with Crippen molar-refractivity contribution in [3.05, 3.63) is 94.0 Å². The molecule has 4 nitrogen and oxygen atoms in total. The first-order valence-electron chi connectivity index (χ1n) is 9.96. The highest BCUT2D eigenvalue weighted by molar-refractivity contribution is 6.30. The molecule has 30 heavy (non-hydrogen) atoms. The quantitative estimate of drug-likeness (QED) is 0.494. The van der Waals surface area contributed by atoms with Crippen LogP contribution in [0.2, 0.25) is 5.02 Å². The molecule has 0 fully saturated rings. The van der Waals surface area contributed by atoms with Crippen molar-refractivity contribution in [2.24, 2.45) is 0 Å². The van der Waals surface area contributed by atoms with E-state index in [9.17, 15) is 4.79 Å². The monoisotopic (exact) mass is 422 g/mol. The number of ether oxygens (including phenoxy) is 2. The van der Waals surface area contributed by atoms with Crippen LogP contribution in [0.1, 0.15) is 47.6 Å². The van der Waals surface area contributed by atoms with Gasteiger partial charge in [0.05, 0.1) is 6.42 Å². The minimum atomic E-state index is -0.790. The van der Waals surface area contributed by atoms with E-state index in [-0.39, 0.29) is 18.4 Å². The summed E-state index contributed by atoms with van der Waals surface area (Å²) in [4.78, 5) is 10.9. The Hall–Kier alpha value is -2.98. The Labute approximate surface area is 181 Å². The second-order valence-electron chi connectivity index (χ2n) is 7.66. The zero-order valence-electron chi connectivity index (χ0n) is 16.7. The van der Waals surface area contributed by atoms with E-state index >= 15 is 0 Å². The molecule has 0 saturated heterocycles. The first-order chi connectivity index (χ1) is 14.5. The lowest BCUT2D eigenvalue weighted by Gasteiger charge is -2.11. The van der Waals surface area contributed by atoms with E-state index in [2.05, 4.69) is 6.07 Å². The maximum atomic E-state index is 10.9. The number of hydrogen-bond acceptors (Lipinski definition) is 3. The average molecular weight is 423 g/mol. The lowest BCUT2D eigenvalue weighted by Crippen LogP contribution is -2.03. The van der Waals surface area contributed by atoms with E-state index in [1.165, 1.54) is 5.56 Å². The molecule has 3 aromatic carbocycles. The van der Waals surface area contributed by atoms with Crippen molar-refractivity contribution in [2.75, 3.05) is 0 Å². The molecule has 0 radical (unpaired) electrons. The fraction of sp³-hybridized carbons (Fsp3) is 0.240. The molecule has 0 aliphatic carbocycles. The van der Waals surface area contributed by atoms with Gasteiger partial charge in [-0.15, -0.1) is 0 Å². The molecule has 0 spiro atoms. The third-order valence-corrected chi connectivity index (χ3v) is 5.63. The molecule has 5 heteroatoms. The normalized spacial score (nSPS) is 15.9. The number of benzene rings is 3. The van der Waals surface area contributed by atoms with Gasteiger partial charge in [-0.2, -0.15) is 0 Å². The standard InChI is InChI=1S/C25H23ClO4/c1-16(12-25(27)28)18-5-9-22(10-6-18)29-15-17-2-11-23-20(13-17)14-24(30-23)19-3-7-21(26)8-4-19/h2-11,13,16,24H,12,14-15H2,1H3,(H,27,28)/t16?,24-/m0/s1. The van der Waals surface area contributed by atoms with Crippen LogP contribution >= 0.6 is 11.6 Å². The molecule has 0 aromatic heterocycles. The van der Waals surface area contributed by atoms with Crippen molar-refractivity contribution in [3.8, 4) is 11.5 Å². The van der Waals surface area contributed by atoms with E-state index in [0.717, 1.165) is 39.6 Å². The lowest BCUT2D eigenvalue weighted by molar-refractivity contribution is -0.137. The second-order valence-corrected chi connectivity index (χ2v) is 8.10. The Balaban J connectivity index is 1.36. The Morgan fingerprint density at radius 2 is 1.87 bits per heavy atom. The molecule has 0 bridgehead atoms. The molecule has 1 aliphatic rings. The van der Waals surface area contributed by atoms with Gasteiger partial charge < -0.3 is 14.6 Å². The summed E-state index contributed by atoms with van der Waals surface area (Å²) in [6, 6.07) is 21.6. The molecular formula is C25H23ClO4. The molecule has 1 N–H and O–H groups in total. The predicted octanol–water partition coefficient (Wildman–Crippen LogP) is 6.17. The molecule has 0 amide bonds. The Morgan fingerprint density at radius 1 is 1.13 bits per heavy atom. The van der Waals surface area contributed by atoms with Crippen molar-refractivity contribution < 1.29 is 19.4 Å². The van der Waals surface area contributed by atoms with Crippen LogP contribution in [0.5, 0.6) is 11.5 Å². The summed E-state index contributed by atoms with van der Waals surface area (Å²) in [5.41, 5.74) is 4.37. The molecule has 1 unspecified atom stereocenters. The molecule has 1 aliphatic heterocycles. The number of fused-ring (bicyclic) bond motifs is 1. The summed E-state index contributed by atoms with van der Waals surface area (Å²) in [5.74, 6) is 0.857. The van der Waals surface area contributed by atoms with Crippen molar-refractivity contribution in [1.29, 1.82) is 0 Å². The Morgan fingerprint density at radius 3 is 2.57 bits per heavy atom. The highest BCUT2D eigenvalue weighted by atomic mass is 35.5. The van der Waals surface area contributed by atoms with Crippen LogP contribution in [0.25, 0.3) is 0 Å². The number of carbonyl (C=O) groups is 1. The van der Waals surface area contributed by atoms with Crippen LogP contribution in [0, 0.1) is 0 Å². The number of hydrogen-bond donors (Lipinski definition) is 1. The van der Waals surface area contributed by atoms with Crippen LogP contribution in [0.15, 0.2) is 66.7 Å². The third kappa shape index (κ3) is 4.77. The lowest BCUT2D eigenvalue weighted by atomic mass is 9.98. The van der Waals surface area contributed by atoms with E-state index < -0.39 is 5.97 Å². The van der Waals surface area contributed by atoms with Gasteiger partial charge in [-0.3, -0.25) is 4.79 Å². The Kier molecular flexibility index (Phi) is 5.96. The summed E-state index contributed by atoms with van der Waals surface area (Å²) in [7, 11) is 0. The molecule has 4 rings (SSSR count). The Bertz CT molecular complexity index is 1030. The fourth-order valence-electron chi connectivity index (χ4n) is 3.69. The number of carboxylic acid groups (broad SMARTS) is 1. The van der Waals surface area contributed by atoms with Crippen LogP contribution in [-0.4, -0.2) is 11.1 Å². The highest BCUT2D eigenvalue weighted by Gasteiger charge is 2.24. The van der Waals surface area contributed by atoms with Gasteiger partial charge in [-0.05, 0) is 64.6 Å². The van der Waals surface area contributed by atoms with Gasteiger partial charge in [0.15, 0.2) is 0 Å². The van der Waals surface area contributed by atoms with Crippen LogP contribution < -0.4 is 9.47 Å². The summed E-state index contributed by atoms with van der Waals surface area (Å²) in [5, 5.41) is 9.65. The van der Waals surface area contributed by atoms with E-state index in [1.807, 2.05) is 67.6 Å². The molecule has 1 heterocycles. The van der Waals surface area contributed by atoms with Gasteiger partial charge >= 0.3 is 5.97 Å². The zero-order chi connectivity index (χ0) is 21.1. The highest BCUT2D eigenvalue weighted by Crippen LogP contribution is 2.37. The van der Waals surface area contributed by atoms with E-state index in [1.54, 1.807) is 0 Å². The summed E-state index contributed by atoms with van der Waals surface area (Å²) >= 11 is 5.98. The third-order valence-electron chi connectivity index (χ3n) is 5.38. The topological polar surface area (TPSA) is 55.8 Å². The van der Waals surface area contributed by atoms with Crippen molar-refractivity contribution in [1.82, 2.24) is 0 Å². The van der Waals surface area contributed by atoms with Crippen LogP contribution in [0.3, 0.4) is 0 Å². The van der Waals surface area contributed by atoms with Crippen molar-refractivity contribution in [3.63, 3.8) is 0 Å².